The molecule has 0 unspecified atom stereocenters. The molecular formula is C22H27FN2O2. The minimum atomic E-state index is -0.574. The van der Waals surface area contributed by atoms with Gasteiger partial charge in [-0.25, -0.2) is 4.39 Å². The second kappa shape index (κ2) is 8.63. The van der Waals surface area contributed by atoms with Crippen molar-refractivity contribution >= 4 is 5.91 Å². The number of hydrogen-bond donors (Lipinski definition) is 2. The van der Waals surface area contributed by atoms with Crippen LogP contribution < -0.4 is 5.32 Å². The van der Waals surface area contributed by atoms with Crippen LogP contribution in [-0.4, -0.2) is 42.2 Å². The van der Waals surface area contributed by atoms with Gasteiger partial charge in [0, 0.05) is 18.9 Å². The average Bonchev–Trinajstić information content (AvgIpc) is 2.95. The van der Waals surface area contributed by atoms with Crippen LogP contribution in [0.2, 0.25) is 0 Å². The van der Waals surface area contributed by atoms with Gasteiger partial charge in [-0.1, -0.05) is 36.4 Å². The van der Waals surface area contributed by atoms with Crippen LogP contribution in [0.3, 0.4) is 0 Å². The molecule has 1 aliphatic rings. The van der Waals surface area contributed by atoms with Crippen LogP contribution >= 0.6 is 0 Å². The normalized spacial score (nSPS) is 19.7. The third kappa shape index (κ3) is 4.93. The molecule has 144 valence electrons. The van der Waals surface area contributed by atoms with Crippen molar-refractivity contribution in [1.29, 1.82) is 0 Å². The van der Waals surface area contributed by atoms with E-state index in [-0.39, 0.29) is 23.8 Å². The second-order valence-electron chi connectivity index (χ2n) is 7.50. The fourth-order valence-electron chi connectivity index (χ4n) is 3.73. The van der Waals surface area contributed by atoms with Gasteiger partial charge in [0.1, 0.15) is 5.82 Å². The van der Waals surface area contributed by atoms with E-state index in [9.17, 15) is 14.3 Å². The minimum Gasteiger partial charge on any atom is -0.390 e. The molecule has 4 nitrogen and oxygen atoms in total. The van der Waals surface area contributed by atoms with E-state index in [1.54, 1.807) is 12.1 Å². The monoisotopic (exact) mass is 370 g/mol. The molecule has 27 heavy (non-hydrogen) atoms. The number of fused-ring (bicyclic) bond motifs is 1. The van der Waals surface area contributed by atoms with Crippen molar-refractivity contribution in [3.05, 3.63) is 71.0 Å². The summed E-state index contributed by atoms with van der Waals surface area (Å²) < 4.78 is 13.1. The van der Waals surface area contributed by atoms with Crippen LogP contribution in [-0.2, 0) is 17.6 Å². The van der Waals surface area contributed by atoms with Gasteiger partial charge in [0.15, 0.2) is 0 Å². The van der Waals surface area contributed by atoms with Gasteiger partial charge >= 0.3 is 0 Å². The Morgan fingerprint density at radius 2 is 1.93 bits per heavy atom. The first kappa shape index (κ1) is 19.5. The molecule has 0 bridgehead atoms. The Hall–Kier alpha value is -2.24. The fourth-order valence-corrected chi connectivity index (χ4v) is 3.73. The highest BCUT2D eigenvalue weighted by atomic mass is 19.1. The summed E-state index contributed by atoms with van der Waals surface area (Å²) in [6.07, 6.45) is 1.84. The van der Waals surface area contributed by atoms with Crippen molar-refractivity contribution in [2.75, 3.05) is 14.1 Å². The smallest absolute Gasteiger partial charge is 0.220 e. The molecule has 0 saturated heterocycles. The third-order valence-corrected chi connectivity index (χ3v) is 5.34. The van der Waals surface area contributed by atoms with Crippen LogP contribution in [0.25, 0.3) is 0 Å². The Labute approximate surface area is 160 Å². The van der Waals surface area contributed by atoms with E-state index < -0.39 is 6.10 Å². The van der Waals surface area contributed by atoms with Gasteiger partial charge in [-0.3, -0.25) is 4.79 Å². The molecule has 3 atom stereocenters. The quantitative estimate of drug-likeness (QED) is 0.788. The van der Waals surface area contributed by atoms with Crippen molar-refractivity contribution in [2.24, 2.45) is 0 Å². The molecule has 5 heteroatoms. The fraction of sp³-hybridized carbons (Fsp3) is 0.409. The first-order valence-corrected chi connectivity index (χ1v) is 9.40. The number of nitrogens with one attached hydrogen (secondary N) is 1. The lowest BCUT2D eigenvalue weighted by atomic mass is 10.0. The largest absolute Gasteiger partial charge is 0.390 e. The molecule has 0 aromatic heterocycles. The Morgan fingerprint density at radius 1 is 1.22 bits per heavy atom. The van der Waals surface area contributed by atoms with Crippen molar-refractivity contribution in [1.82, 2.24) is 10.2 Å². The van der Waals surface area contributed by atoms with E-state index in [2.05, 4.69) is 10.2 Å². The maximum atomic E-state index is 13.1. The van der Waals surface area contributed by atoms with Crippen molar-refractivity contribution in [3.8, 4) is 0 Å². The van der Waals surface area contributed by atoms with Gasteiger partial charge in [-0.2, -0.15) is 0 Å². The molecule has 2 N–H and O–H groups in total. The number of amides is 1. The van der Waals surface area contributed by atoms with E-state index in [4.69, 9.17) is 0 Å². The lowest BCUT2D eigenvalue weighted by Crippen LogP contribution is -2.36. The van der Waals surface area contributed by atoms with Gasteiger partial charge in [0.25, 0.3) is 0 Å². The van der Waals surface area contributed by atoms with E-state index in [1.165, 1.54) is 12.1 Å². The van der Waals surface area contributed by atoms with E-state index in [0.29, 0.717) is 19.3 Å². The minimum absolute atomic E-state index is 0.0540. The van der Waals surface area contributed by atoms with Gasteiger partial charge in [-0.15, -0.1) is 0 Å². The number of benzene rings is 2. The molecule has 0 heterocycles. The lowest BCUT2D eigenvalue weighted by Gasteiger charge is -2.25. The number of hydrogen-bond acceptors (Lipinski definition) is 3. The van der Waals surface area contributed by atoms with Crippen molar-refractivity contribution in [3.63, 3.8) is 0 Å². The molecular weight excluding hydrogens is 343 g/mol. The number of halogens is 1. The standard InChI is InChI=1S/C22H27FN2O2/c1-25(2)18(13-15-7-9-17(23)10-8-15)11-12-21(27)24-22-19-6-4-3-5-16(19)14-20(22)26/h3-10,18,20,22,26H,11-14H2,1-2H3,(H,24,27)/t18-,20+,22-/m1/s1. The predicted octanol–water partition coefficient (Wildman–Crippen LogP) is 2.85. The van der Waals surface area contributed by atoms with E-state index >= 15 is 0 Å². The highest BCUT2D eigenvalue weighted by molar-refractivity contribution is 5.76. The van der Waals surface area contributed by atoms with Gasteiger partial charge in [0.2, 0.25) is 5.91 Å². The summed E-state index contributed by atoms with van der Waals surface area (Å²) in [7, 11) is 3.98. The van der Waals surface area contributed by atoms with Gasteiger partial charge < -0.3 is 15.3 Å². The molecule has 1 amide bonds. The average molecular weight is 370 g/mol. The Kier molecular flexibility index (Phi) is 6.24. The van der Waals surface area contributed by atoms with Gasteiger partial charge in [-0.05, 0) is 55.8 Å². The Bertz CT molecular complexity index is 776. The Balaban J connectivity index is 1.56. The third-order valence-electron chi connectivity index (χ3n) is 5.34. The zero-order valence-corrected chi connectivity index (χ0v) is 15.9. The predicted molar refractivity (Wildman–Crippen MR) is 104 cm³/mol. The number of aliphatic hydroxyl groups excluding tert-OH is 1. The van der Waals surface area contributed by atoms with Crippen LogP contribution in [0.4, 0.5) is 4.39 Å². The molecule has 0 radical (unpaired) electrons. The molecule has 2 aromatic rings. The number of likely N-dealkylation sites (N-methyl/N-ethyl adjacent to an activating group) is 1. The first-order chi connectivity index (χ1) is 12.9. The maximum absolute atomic E-state index is 13.1. The summed E-state index contributed by atoms with van der Waals surface area (Å²) >= 11 is 0. The zero-order chi connectivity index (χ0) is 19.4. The molecule has 2 aromatic carbocycles. The number of carbonyl (C=O) groups is 1. The number of nitrogens with zero attached hydrogens (tertiary/aromatic N) is 1. The van der Waals surface area contributed by atoms with Crippen LogP contribution in [0.5, 0.6) is 0 Å². The summed E-state index contributed by atoms with van der Waals surface area (Å²) in [6, 6.07) is 14.2. The number of carbonyl (C=O) groups excluding carboxylic acids is 1. The summed E-state index contributed by atoms with van der Waals surface area (Å²) in [4.78, 5) is 14.6. The summed E-state index contributed by atoms with van der Waals surface area (Å²) in [5.41, 5.74) is 3.15. The summed E-state index contributed by atoms with van der Waals surface area (Å²) in [5.74, 6) is -0.295. The van der Waals surface area contributed by atoms with Gasteiger partial charge in [0.05, 0.1) is 12.1 Å². The first-order valence-electron chi connectivity index (χ1n) is 9.40. The number of aliphatic hydroxyl groups is 1. The van der Waals surface area contributed by atoms with E-state index in [1.807, 2.05) is 38.4 Å². The highest BCUT2D eigenvalue weighted by Crippen LogP contribution is 2.31. The second-order valence-corrected chi connectivity index (χ2v) is 7.50. The molecule has 3 rings (SSSR count). The molecule has 0 saturated carbocycles. The molecule has 0 aliphatic heterocycles. The van der Waals surface area contributed by atoms with Crippen LogP contribution in [0.15, 0.2) is 48.5 Å². The summed E-state index contributed by atoms with van der Waals surface area (Å²) in [6.45, 7) is 0. The van der Waals surface area contributed by atoms with E-state index in [0.717, 1.165) is 23.1 Å². The highest BCUT2D eigenvalue weighted by Gasteiger charge is 2.31. The topological polar surface area (TPSA) is 52.6 Å². The zero-order valence-electron chi connectivity index (χ0n) is 15.9. The van der Waals surface area contributed by atoms with Crippen LogP contribution in [0.1, 0.15) is 35.6 Å². The lowest BCUT2D eigenvalue weighted by molar-refractivity contribution is -0.122. The van der Waals surface area contributed by atoms with Crippen molar-refractivity contribution in [2.45, 2.75) is 43.9 Å². The SMILES string of the molecule is CN(C)[C@H](CCC(=O)N[C@@H]1c2ccccc2C[C@@H]1O)Cc1ccc(F)cc1. The molecule has 0 spiro atoms. The number of rotatable bonds is 7. The molecule has 0 fully saturated rings. The molecule has 1 aliphatic carbocycles. The Morgan fingerprint density at radius 3 is 2.63 bits per heavy atom. The van der Waals surface area contributed by atoms with Crippen molar-refractivity contribution < 1.29 is 14.3 Å². The summed E-state index contributed by atoms with van der Waals surface area (Å²) in [5, 5.41) is 13.3. The maximum Gasteiger partial charge on any atom is 0.220 e. The van der Waals surface area contributed by atoms with Crippen LogP contribution in [0, 0.1) is 5.82 Å².